The van der Waals surface area contributed by atoms with Gasteiger partial charge in [-0.1, -0.05) is 0 Å². The zero-order chi connectivity index (χ0) is 11.9. The maximum atomic E-state index is 11.5. The quantitative estimate of drug-likeness (QED) is 0.485. The third-order valence-electron chi connectivity index (χ3n) is 2.20. The first-order valence-electron chi connectivity index (χ1n) is 4.99. The summed E-state index contributed by atoms with van der Waals surface area (Å²) < 4.78 is 4.47. The van der Waals surface area contributed by atoms with E-state index in [1.165, 1.54) is 7.11 Å². The zero-order valence-electron chi connectivity index (χ0n) is 9.63. The van der Waals surface area contributed by atoms with Gasteiger partial charge in [0.1, 0.15) is 0 Å². The molecule has 0 aliphatic rings. The van der Waals surface area contributed by atoms with Gasteiger partial charge in [-0.05, 0) is 20.3 Å². The summed E-state index contributed by atoms with van der Waals surface area (Å²) in [6.07, 6.45) is 0.902. The largest absolute Gasteiger partial charge is 0.469 e. The van der Waals surface area contributed by atoms with Crippen LogP contribution in [0.3, 0.4) is 0 Å². The Hall–Kier alpha value is -1.10. The highest BCUT2D eigenvalue weighted by Crippen LogP contribution is 2.11. The highest BCUT2D eigenvalue weighted by Gasteiger charge is 2.24. The molecule has 0 aromatic rings. The van der Waals surface area contributed by atoms with Crippen LogP contribution in [0.2, 0.25) is 0 Å². The molecule has 88 valence electrons. The summed E-state index contributed by atoms with van der Waals surface area (Å²) in [5.41, 5.74) is 4.90. The van der Waals surface area contributed by atoms with Gasteiger partial charge in [-0.15, -0.1) is 0 Å². The lowest BCUT2D eigenvalue weighted by Crippen LogP contribution is -2.42. The first-order chi connectivity index (χ1) is 6.94. The van der Waals surface area contributed by atoms with Gasteiger partial charge in [-0.25, -0.2) is 0 Å². The van der Waals surface area contributed by atoms with E-state index in [1.54, 1.807) is 13.8 Å². The van der Waals surface area contributed by atoms with E-state index < -0.39 is 5.41 Å². The molecule has 0 aromatic carbocycles. The Kier molecular flexibility index (Phi) is 5.93. The number of methoxy groups -OCH3 is 1. The summed E-state index contributed by atoms with van der Waals surface area (Å²) in [4.78, 5) is 22.3. The van der Waals surface area contributed by atoms with Crippen molar-refractivity contribution in [3.8, 4) is 0 Å². The minimum atomic E-state index is -0.550. The summed E-state index contributed by atoms with van der Waals surface area (Å²) in [7, 11) is 1.35. The highest BCUT2D eigenvalue weighted by atomic mass is 16.5. The third-order valence-corrected chi connectivity index (χ3v) is 2.20. The minimum absolute atomic E-state index is 0.0881. The molecule has 0 fully saturated rings. The molecule has 0 spiro atoms. The molecule has 5 nitrogen and oxygen atoms in total. The summed E-state index contributed by atoms with van der Waals surface area (Å²) in [5.74, 6) is -0.350. The molecule has 0 saturated carbocycles. The van der Waals surface area contributed by atoms with Crippen LogP contribution in [0.15, 0.2) is 0 Å². The number of hydrogen-bond donors (Lipinski definition) is 2. The van der Waals surface area contributed by atoms with Gasteiger partial charge in [0, 0.05) is 19.5 Å². The number of nitrogens with one attached hydrogen (secondary N) is 1. The van der Waals surface area contributed by atoms with Crippen LogP contribution < -0.4 is 11.1 Å². The summed E-state index contributed by atoms with van der Waals surface area (Å²) >= 11 is 0. The molecule has 0 bridgehead atoms. The van der Waals surface area contributed by atoms with Gasteiger partial charge in [-0.2, -0.15) is 0 Å². The lowest BCUT2D eigenvalue weighted by molar-refractivity contribution is -0.141. The van der Waals surface area contributed by atoms with Gasteiger partial charge in [-0.3, -0.25) is 9.59 Å². The topological polar surface area (TPSA) is 81.4 Å². The van der Waals surface area contributed by atoms with Crippen molar-refractivity contribution in [3.63, 3.8) is 0 Å². The van der Waals surface area contributed by atoms with Crippen LogP contribution in [0.4, 0.5) is 0 Å². The highest BCUT2D eigenvalue weighted by molar-refractivity contribution is 5.82. The molecule has 0 atom stereocenters. The lowest BCUT2D eigenvalue weighted by Gasteiger charge is -2.21. The monoisotopic (exact) mass is 216 g/mol. The van der Waals surface area contributed by atoms with E-state index in [-0.39, 0.29) is 11.9 Å². The van der Waals surface area contributed by atoms with Crippen LogP contribution in [0.1, 0.15) is 26.7 Å². The number of amides is 1. The fraction of sp³-hybridized carbons (Fsp3) is 0.800. The average Bonchev–Trinajstić information content (AvgIpc) is 2.23. The number of rotatable bonds is 6. The molecule has 0 saturated heterocycles. The molecule has 0 unspecified atom stereocenters. The van der Waals surface area contributed by atoms with Crippen molar-refractivity contribution in [2.24, 2.45) is 11.1 Å². The zero-order valence-corrected chi connectivity index (χ0v) is 9.63. The molecule has 1 amide bonds. The molecular weight excluding hydrogens is 196 g/mol. The van der Waals surface area contributed by atoms with Gasteiger partial charge in [0.05, 0.1) is 12.5 Å². The van der Waals surface area contributed by atoms with E-state index in [2.05, 4.69) is 10.1 Å². The van der Waals surface area contributed by atoms with Crippen molar-refractivity contribution >= 4 is 11.9 Å². The normalized spacial score (nSPS) is 10.9. The smallest absolute Gasteiger partial charge is 0.305 e. The average molecular weight is 216 g/mol. The Balaban J connectivity index is 3.69. The van der Waals surface area contributed by atoms with Crippen molar-refractivity contribution in [1.82, 2.24) is 5.32 Å². The van der Waals surface area contributed by atoms with Gasteiger partial charge in [0.25, 0.3) is 0 Å². The first kappa shape index (κ1) is 13.9. The first-order valence-corrected chi connectivity index (χ1v) is 4.99. The number of hydrogen-bond acceptors (Lipinski definition) is 4. The number of esters is 1. The van der Waals surface area contributed by atoms with E-state index in [0.29, 0.717) is 25.9 Å². The Morgan fingerprint density at radius 2 is 2.00 bits per heavy atom. The van der Waals surface area contributed by atoms with E-state index in [0.717, 1.165) is 0 Å². The Morgan fingerprint density at radius 1 is 1.40 bits per heavy atom. The maximum absolute atomic E-state index is 11.5. The molecule has 0 aliphatic carbocycles. The number of nitrogens with two attached hydrogens (primary N) is 1. The molecule has 0 aromatic heterocycles. The van der Waals surface area contributed by atoms with E-state index >= 15 is 0 Å². The predicted molar refractivity (Wildman–Crippen MR) is 57.1 cm³/mol. The standard InChI is InChI=1S/C10H20N2O3/c1-10(2,7-11)9(14)12-6-4-5-8(13)15-3/h4-7,11H2,1-3H3,(H,12,14). The summed E-state index contributed by atoms with van der Waals surface area (Å²) in [6.45, 7) is 4.33. The second-order valence-electron chi connectivity index (χ2n) is 4.02. The molecule has 3 N–H and O–H groups in total. The molecule has 0 radical (unpaired) electrons. The maximum Gasteiger partial charge on any atom is 0.305 e. The van der Waals surface area contributed by atoms with Crippen LogP contribution >= 0.6 is 0 Å². The van der Waals surface area contributed by atoms with E-state index in [9.17, 15) is 9.59 Å². The van der Waals surface area contributed by atoms with Crippen LogP contribution in [0, 0.1) is 5.41 Å². The summed E-state index contributed by atoms with van der Waals surface area (Å²) in [6, 6.07) is 0. The van der Waals surface area contributed by atoms with Crippen LogP contribution in [0.5, 0.6) is 0 Å². The lowest BCUT2D eigenvalue weighted by atomic mass is 9.93. The minimum Gasteiger partial charge on any atom is -0.469 e. The predicted octanol–water partition coefficient (Wildman–Crippen LogP) is 0.0407. The van der Waals surface area contributed by atoms with Crippen molar-refractivity contribution in [3.05, 3.63) is 0 Å². The Morgan fingerprint density at radius 3 is 2.47 bits per heavy atom. The van der Waals surface area contributed by atoms with Crippen molar-refractivity contribution in [1.29, 1.82) is 0 Å². The van der Waals surface area contributed by atoms with Crippen molar-refractivity contribution in [2.45, 2.75) is 26.7 Å². The van der Waals surface area contributed by atoms with E-state index in [1.807, 2.05) is 0 Å². The fourth-order valence-corrected chi connectivity index (χ4v) is 0.869. The molecule has 15 heavy (non-hydrogen) atoms. The Bertz CT molecular complexity index is 227. The van der Waals surface area contributed by atoms with Gasteiger partial charge in [0.2, 0.25) is 5.91 Å². The molecule has 5 heteroatoms. The van der Waals surface area contributed by atoms with Crippen molar-refractivity contribution < 1.29 is 14.3 Å². The van der Waals surface area contributed by atoms with Crippen LogP contribution in [-0.2, 0) is 14.3 Å². The molecule has 0 heterocycles. The second-order valence-corrected chi connectivity index (χ2v) is 4.02. The SMILES string of the molecule is COC(=O)CCCNC(=O)C(C)(C)CN. The number of ether oxygens (including phenoxy) is 1. The number of carbonyl (C=O) groups excluding carboxylic acids is 2. The van der Waals surface area contributed by atoms with Gasteiger partial charge < -0.3 is 15.8 Å². The summed E-state index contributed by atoms with van der Waals surface area (Å²) in [5, 5.41) is 2.73. The van der Waals surface area contributed by atoms with Crippen molar-refractivity contribution in [2.75, 3.05) is 20.2 Å². The van der Waals surface area contributed by atoms with E-state index in [4.69, 9.17) is 5.73 Å². The number of carbonyl (C=O) groups is 2. The van der Waals surface area contributed by atoms with Gasteiger partial charge >= 0.3 is 5.97 Å². The van der Waals surface area contributed by atoms with Crippen LogP contribution in [0.25, 0.3) is 0 Å². The second kappa shape index (κ2) is 6.40. The molecule has 0 aliphatic heterocycles. The van der Waals surface area contributed by atoms with Crippen LogP contribution in [-0.4, -0.2) is 32.1 Å². The molecule has 0 rings (SSSR count). The molecular formula is C10H20N2O3. The van der Waals surface area contributed by atoms with Gasteiger partial charge in [0.15, 0.2) is 0 Å². The fourth-order valence-electron chi connectivity index (χ4n) is 0.869. The Labute approximate surface area is 90.4 Å². The third kappa shape index (κ3) is 5.37.